The number of primary amides is 1. The quantitative estimate of drug-likeness (QED) is 0.407. The fourth-order valence-electron chi connectivity index (χ4n) is 6.09. The van der Waals surface area contributed by atoms with Crippen LogP contribution in [-0.2, 0) is 15.1 Å². The van der Waals surface area contributed by atoms with Crippen molar-refractivity contribution in [1.82, 2.24) is 9.88 Å². The van der Waals surface area contributed by atoms with Crippen molar-refractivity contribution in [3.8, 4) is 11.1 Å². The van der Waals surface area contributed by atoms with Gasteiger partial charge in [0.25, 0.3) is 0 Å². The molecule has 3 heterocycles. The Labute approximate surface area is 235 Å². The van der Waals surface area contributed by atoms with Crippen LogP contribution in [0, 0.1) is 0 Å². The summed E-state index contributed by atoms with van der Waals surface area (Å²) in [6.45, 7) is 6.78. The maximum absolute atomic E-state index is 13.4. The van der Waals surface area contributed by atoms with Crippen molar-refractivity contribution >= 4 is 17.8 Å². The Hall–Kier alpha value is -3.91. The zero-order chi connectivity index (χ0) is 28.5. The third-order valence-corrected chi connectivity index (χ3v) is 8.11. The lowest BCUT2D eigenvalue weighted by atomic mass is 9.80. The average molecular weight is 543 g/mol. The molecule has 3 atom stereocenters. The van der Waals surface area contributed by atoms with E-state index in [9.17, 15) is 14.7 Å². The molecule has 8 heteroatoms. The molecule has 2 aromatic carbocycles. The molecule has 2 fully saturated rings. The SMILES string of the molecule is CC(c1ccc(-c2ccc(N3CCCC3C(N)=O)nc2)cc1)N1CCC(CC(C)(C)O)(c2ccccc2)OC1=O. The first-order chi connectivity index (χ1) is 19.1. The fraction of sp³-hybridized carbons (Fsp3) is 0.406. The first-order valence-corrected chi connectivity index (χ1v) is 14.0. The van der Waals surface area contributed by atoms with E-state index < -0.39 is 11.2 Å². The van der Waals surface area contributed by atoms with E-state index in [4.69, 9.17) is 10.5 Å². The van der Waals surface area contributed by atoms with Gasteiger partial charge in [0.2, 0.25) is 5.91 Å². The summed E-state index contributed by atoms with van der Waals surface area (Å²) in [6.07, 6.45) is 4.02. The third kappa shape index (κ3) is 5.68. The second kappa shape index (κ2) is 10.9. The van der Waals surface area contributed by atoms with Gasteiger partial charge in [0.1, 0.15) is 17.5 Å². The van der Waals surface area contributed by atoms with E-state index in [2.05, 4.69) is 4.98 Å². The highest BCUT2D eigenvalue weighted by atomic mass is 16.6. The first-order valence-electron chi connectivity index (χ1n) is 14.0. The molecule has 2 aliphatic heterocycles. The minimum Gasteiger partial charge on any atom is -0.438 e. The highest BCUT2D eigenvalue weighted by Gasteiger charge is 2.46. The van der Waals surface area contributed by atoms with Gasteiger partial charge < -0.3 is 25.4 Å². The van der Waals surface area contributed by atoms with Gasteiger partial charge in [-0.3, -0.25) is 4.79 Å². The minimum atomic E-state index is -0.995. The number of carbonyl (C=O) groups excluding carboxylic acids is 2. The van der Waals surface area contributed by atoms with E-state index in [1.54, 1.807) is 18.7 Å². The van der Waals surface area contributed by atoms with Gasteiger partial charge in [0.05, 0.1) is 11.6 Å². The first kappa shape index (κ1) is 27.6. The Morgan fingerprint density at radius 1 is 1.10 bits per heavy atom. The van der Waals surface area contributed by atoms with Crippen LogP contribution in [0.5, 0.6) is 0 Å². The number of anilines is 1. The molecule has 8 nitrogen and oxygen atoms in total. The number of cyclic esters (lactones) is 1. The Morgan fingerprint density at radius 2 is 1.80 bits per heavy atom. The molecule has 1 aromatic heterocycles. The molecular weight excluding hydrogens is 504 g/mol. The number of aliphatic hydroxyl groups is 1. The van der Waals surface area contributed by atoms with Gasteiger partial charge in [-0.25, -0.2) is 9.78 Å². The van der Waals surface area contributed by atoms with E-state index in [1.807, 2.05) is 84.8 Å². The minimum absolute atomic E-state index is 0.182. The molecule has 2 aliphatic rings. The summed E-state index contributed by atoms with van der Waals surface area (Å²) in [5, 5.41) is 10.6. The second-order valence-electron chi connectivity index (χ2n) is 11.6. The third-order valence-electron chi connectivity index (χ3n) is 8.11. The van der Waals surface area contributed by atoms with Crippen molar-refractivity contribution in [2.24, 2.45) is 5.73 Å². The molecule has 3 aromatic rings. The molecule has 2 saturated heterocycles. The lowest BCUT2D eigenvalue weighted by molar-refractivity contribution is -0.119. The number of carbonyl (C=O) groups is 2. The van der Waals surface area contributed by atoms with Crippen LogP contribution in [0.3, 0.4) is 0 Å². The molecular formula is C32H38N4O4. The number of benzene rings is 2. The van der Waals surface area contributed by atoms with Gasteiger partial charge in [-0.2, -0.15) is 0 Å². The molecule has 0 spiro atoms. The molecule has 0 saturated carbocycles. The second-order valence-corrected chi connectivity index (χ2v) is 11.6. The summed E-state index contributed by atoms with van der Waals surface area (Å²) < 4.78 is 6.15. The highest BCUT2D eigenvalue weighted by molar-refractivity contribution is 5.84. The smallest absolute Gasteiger partial charge is 0.411 e. The van der Waals surface area contributed by atoms with Crippen molar-refractivity contribution < 1.29 is 19.4 Å². The van der Waals surface area contributed by atoms with Crippen LogP contribution in [0.15, 0.2) is 72.9 Å². The molecule has 40 heavy (non-hydrogen) atoms. The molecule has 210 valence electrons. The maximum Gasteiger partial charge on any atom is 0.411 e. The van der Waals surface area contributed by atoms with E-state index in [0.717, 1.165) is 47.5 Å². The highest BCUT2D eigenvalue weighted by Crippen LogP contribution is 2.42. The zero-order valence-corrected chi connectivity index (χ0v) is 23.4. The van der Waals surface area contributed by atoms with Crippen LogP contribution >= 0.6 is 0 Å². The average Bonchev–Trinajstić information content (AvgIpc) is 3.43. The monoisotopic (exact) mass is 542 g/mol. The van der Waals surface area contributed by atoms with Crippen molar-refractivity contribution in [1.29, 1.82) is 0 Å². The molecule has 5 rings (SSSR count). The van der Waals surface area contributed by atoms with Crippen LogP contribution < -0.4 is 10.6 Å². The van der Waals surface area contributed by atoms with E-state index in [0.29, 0.717) is 19.4 Å². The fourth-order valence-corrected chi connectivity index (χ4v) is 6.09. The number of nitrogens with two attached hydrogens (primary N) is 1. The number of hydrogen-bond acceptors (Lipinski definition) is 6. The number of ether oxygens (including phenoxy) is 1. The Morgan fingerprint density at radius 3 is 2.40 bits per heavy atom. The number of pyridine rings is 1. The van der Waals surface area contributed by atoms with Gasteiger partial charge in [-0.15, -0.1) is 0 Å². The van der Waals surface area contributed by atoms with Crippen molar-refractivity contribution in [2.75, 3.05) is 18.0 Å². The van der Waals surface area contributed by atoms with Gasteiger partial charge in [0, 0.05) is 37.7 Å². The predicted molar refractivity (Wildman–Crippen MR) is 154 cm³/mol. The standard InChI is InChI=1S/C32H38N4O4/c1-22(35-19-17-32(40-30(35)38,21-31(2,3)39)26-8-5-4-6-9-26)23-11-13-24(14-12-23)25-15-16-28(34-20-25)36-18-7-10-27(36)29(33)37/h4-6,8-9,11-16,20,22,27,39H,7,10,17-19,21H2,1-3H3,(H2,33,37). The zero-order valence-electron chi connectivity index (χ0n) is 23.4. The van der Waals surface area contributed by atoms with Crippen molar-refractivity contribution in [3.05, 3.63) is 84.1 Å². The topological polar surface area (TPSA) is 109 Å². The lowest BCUT2D eigenvalue weighted by Crippen LogP contribution is -2.51. The van der Waals surface area contributed by atoms with Crippen LogP contribution in [0.1, 0.15) is 63.6 Å². The van der Waals surface area contributed by atoms with Crippen LogP contribution in [0.2, 0.25) is 0 Å². The summed E-state index contributed by atoms with van der Waals surface area (Å²) in [7, 11) is 0. The van der Waals surface area contributed by atoms with Crippen LogP contribution in [0.4, 0.5) is 10.6 Å². The van der Waals surface area contributed by atoms with E-state index >= 15 is 0 Å². The number of rotatable bonds is 8. The summed E-state index contributed by atoms with van der Waals surface area (Å²) in [4.78, 5) is 33.4. The molecule has 3 unspecified atom stereocenters. The number of hydrogen-bond donors (Lipinski definition) is 2. The summed E-state index contributed by atoms with van der Waals surface area (Å²) in [5.41, 5.74) is 7.57. The molecule has 0 radical (unpaired) electrons. The largest absolute Gasteiger partial charge is 0.438 e. The van der Waals surface area contributed by atoms with Crippen molar-refractivity contribution in [3.63, 3.8) is 0 Å². The summed E-state index contributed by atoms with van der Waals surface area (Å²) >= 11 is 0. The van der Waals surface area contributed by atoms with Gasteiger partial charge in [-0.05, 0) is 62.4 Å². The van der Waals surface area contributed by atoms with Gasteiger partial charge >= 0.3 is 6.09 Å². The van der Waals surface area contributed by atoms with E-state index in [1.165, 1.54) is 0 Å². The van der Waals surface area contributed by atoms with Crippen LogP contribution in [-0.4, -0.2) is 51.7 Å². The number of aromatic nitrogens is 1. The summed E-state index contributed by atoms with van der Waals surface area (Å²) in [6, 6.07) is 21.3. The van der Waals surface area contributed by atoms with Crippen molar-refractivity contribution in [2.45, 2.75) is 69.7 Å². The van der Waals surface area contributed by atoms with Crippen LogP contribution in [0.25, 0.3) is 11.1 Å². The predicted octanol–water partition coefficient (Wildman–Crippen LogP) is 5.16. The Kier molecular flexibility index (Phi) is 7.55. The Balaban J connectivity index is 1.28. The van der Waals surface area contributed by atoms with E-state index in [-0.39, 0.29) is 24.1 Å². The van der Waals surface area contributed by atoms with Gasteiger partial charge in [-0.1, -0.05) is 54.6 Å². The normalized spacial score (nSPS) is 22.2. The number of amides is 2. The molecule has 0 aliphatic carbocycles. The molecule has 0 bridgehead atoms. The maximum atomic E-state index is 13.4. The summed E-state index contributed by atoms with van der Waals surface area (Å²) in [5.74, 6) is 0.448. The number of nitrogens with zero attached hydrogens (tertiary/aromatic N) is 3. The Bertz CT molecular complexity index is 1340. The molecule has 2 amide bonds. The lowest BCUT2D eigenvalue weighted by Gasteiger charge is -2.45. The van der Waals surface area contributed by atoms with Gasteiger partial charge in [0.15, 0.2) is 0 Å². The molecule has 3 N–H and O–H groups in total.